The van der Waals surface area contributed by atoms with Crippen molar-refractivity contribution in [3.8, 4) is 134 Å². The summed E-state index contributed by atoms with van der Waals surface area (Å²) in [5.41, 5.74) is 33.2. The van der Waals surface area contributed by atoms with Crippen LogP contribution in [0, 0.1) is 0 Å². The predicted octanol–water partition coefficient (Wildman–Crippen LogP) is 24.0. The van der Waals surface area contributed by atoms with Gasteiger partial charge in [0.1, 0.15) is 0 Å². The molecule has 95 heavy (non-hydrogen) atoms. The minimum Gasteiger partial charge on any atom is -0.309 e. The molecule has 444 valence electrons. The third-order valence-corrected chi connectivity index (χ3v) is 20.3. The SMILES string of the molecule is CC1(C)c2ccccc2-c2cc3c4cc(-c5ccc6c(c5)c5ccc7c(c5n6-c5nc(-c6ccccc6)cc(-c6ccccc6)n5)-c5ccccc5-c5ccccc5-c5ccccc5-7)ccc4n(-c4cccc(-c5cc(-c6ccccc6)cc(-c6ccccc6)c5)c4)c3cc21. The second kappa shape index (κ2) is 21.4. The summed E-state index contributed by atoms with van der Waals surface area (Å²) in [5, 5.41) is 4.66. The van der Waals surface area contributed by atoms with Crippen molar-refractivity contribution in [2.45, 2.75) is 19.3 Å². The van der Waals surface area contributed by atoms with Crippen molar-refractivity contribution in [1.29, 1.82) is 0 Å². The number of hydrogen-bond donors (Lipinski definition) is 0. The van der Waals surface area contributed by atoms with Crippen LogP contribution in [0.15, 0.2) is 328 Å². The number of fused-ring (bicyclic) bond motifs is 18. The molecule has 0 saturated heterocycles. The standard InChI is InChI=1S/C91H60N4/c1-91(2)81-41-22-21-39-73(81)77-54-80-79-53-63(42-46-85(79)94(87(80)55-82(77)91)67-33-23-32-61(51-67)66-49-64(57-24-7-3-8-25-57)48-65(50-66)58-26-9-4-10-27-58)62-43-47-86-78(52-62)76-45-44-75-72-38-18-17-36-70(72)68-34-15-16-35-69(68)71-37-19-20-40-74(71)88(75)89(76)95(86)90-92-83(59-28-11-5-12-29-59)56-84(93-90)60-30-13-6-14-31-60/h3-56H,1-2H3. The van der Waals surface area contributed by atoms with E-state index in [2.05, 4.69) is 351 Å². The molecule has 0 fully saturated rings. The Balaban J connectivity index is 0.852. The molecule has 0 aliphatic heterocycles. The molecule has 17 aromatic rings. The van der Waals surface area contributed by atoms with Crippen LogP contribution in [0.2, 0.25) is 0 Å². The second-order valence-electron chi connectivity index (χ2n) is 26.0. The van der Waals surface area contributed by atoms with Crippen molar-refractivity contribution >= 4 is 43.6 Å². The summed E-state index contributed by atoms with van der Waals surface area (Å²) in [6.07, 6.45) is 0. The van der Waals surface area contributed by atoms with E-state index in [4.69, 9.17) is 9.97 Å². The van der Waals surface area contributed by atoms with Crippen LogP contribution in [-0.4, -0.2) is 19.1 Å². The first kappa shape index (κ1) is 54.5. The van der Waals surface area contributed by atoms with Crippen molar-refractivity contribution in [2.75, 3.05) is 0 Å². The van der Waals surface area contributed by atoms with Gasteiger partial charge in [0, 0.05) is 49.3 Å². The van der Waals surface area contributed by atoms with Crippen molar-refractivity contribution in [2.24, 2.45) is 0 Å². The summed E-state index contributed by atoms with van der Waals surface area (Å²) in [7, 11) is 0. The normalized spacial score (nSPS) is 12.6. The minimum absolute atomic E-state index is 0.195. The lowest BCUT2D eigenvalue weighted by atomic mass is 9.80. The average molecular weight is 1210 g/mol. The molecule has 4 nitrogen and oxygen atoms in total. The zero-order valence-corrected chi connectivity index (χ0v) is 52.5. The lowest BCUT2D eigenvalue weighted by Gasteiger charge is -2.24. The summed E-state index contributed by atoms with van der Waals surface area (Å²) >= 11 is 0. The van der Waals surface area contributed by atoms with E-state index in [1.807, 2.05) is 0 Å². The lowest BCUT2D eigenvalue weighted by molar-refractivity contribution is 0.661. The monoisotopic (exact) mass is 1210 g/mol. The first-order valence-electron chi connectivity index (χ1n) is 32.9. The minimum atomic E-state index is -0.195. The number of rotatable bonds is 8. The Labute approximate surface area is 551 Å². The molecule has 0 radical (unpaired) electrons. The van der Waals surface area contributed by atoms with E-state index in [1.165, 1.54) is 94.2 Å². The van der Waals surface area contributed by atoms with Crippen LogP contribution in [0.1, 0.15) is 25.0 Å². The highest BCUT2D eigenvalue weighted by Crippen LogP contribution is 2.54. The van der Waals surface area contributed by atoms with E-state index < -0.39 is 0 Å². The molecule has 3 heterocycles. The molecule has 19 rings (SSSR count). The predicted molar refractivity (Wildman–Crippen MR) is 396 cm³/mol. The molecule has 0 spiro atoms. The van der Waals surface area contributed by atoms with Gasteiger partial charge < -0.3 is 4.57 Å². The van der Waals surface area contributed by atoms with Gasteiger partial charge in [-0.05, 0) is 179 Å². The van der Waals surface area contributed by atoms with Gasteiger partial charge in [0.15, 0.2) is 0 Å². The van der Waals surface area contributed by atoms with Gasteiger partial charge in [0.05, 0.1) is 33.5 Å². The Bertz CT molecular complexity index is 5850. The molecule has 0 N–H and O–H groups in total. The summed E-state index contributed by atoms with van der Waals surface area (Å²) in [6.45, 7) is 4.77. The third-order valence-electron chi connectivity index (χ3n) is 20.3. The zero-order valence-electron chi connectivity index (χ0n) is 52.5. The van der Waals surface area contributed by atoms with Crippen molar-refractivity contribution in [3.63, 3.8) is 0 Å². The maximum atomic E-state index is 5.62. The summed E-state index contributed by atoms with van der Waals surface area (Å²) < 4.78 is 4.88. The van der Waals surface area contributed by atoms with Crippen molar-refractivity contribution in [3.05, 3.63) is 339 Å². The third kappa shape index (κ3) is 8.68. The van der Waals surface area contributed by atoms with Crippen molar-refractivity contribution in [1.82, 2.24) is 19.1 Å². The van der Waals surface area contributed by atoms with E-state index in [-0.39, 0.29) is 5.41 Å². The van der Waals surface area contributed by atoms with Crippen LogP contribution in [0.25, 0.3) is 178 Å². The van der Waals surface area contributed by atoms with Gasteiger partial charge in [-0.3, -0.25) is 4.57 Å². The Morgan fingerprint density at radius 2 is 0.674 bits per heavy atom. The van der Waals surface area contributed by atoms with E-state index in [0.717, 1.165) is 88.9 Å². The summed E-state index contributed by atoms with van der Waals surface area (Å²) in [4.78, 5) is 11.2. The molecule has 0 atom stereocenters. The second-order valence-corrected chi connectivity index (χ2v) is 26.0. The molecule has 2 aliphatic carbocycles. The van der Waals surface area contributed by atoms with Crippen LogP contribution in [-0.2, 0) is 5.41 Å². The van der Waals surface area contributed by atoms with Gasteiger partial charge in [-0.2, -0.15) is 0 Å². The van der Waals surface area contributed by atoms with Gasteiger partial charge in [0.2, 0.25) is 5.95 Å². The van der Waals surface area contributed by atoms with Gasteiger partial charge in [-0.1, -0.05) is 269 Å². The highest BCUT2D eigenvalue weighted by molar-refractivity contribution is 6.20. The molecule has 3 aromatic heterocycles. The summed E-state index contributed by atoms with van der Waals surface area (Å²) in [6, 6.07) is 121. The van der Waals surface area contributed by atoms with Crippen LogP contribution in [0.4, 0.5) is 0 Å². The molecule has 2 aliphatic rings. The Hall–Kier alpha value is -12.2. The molecule has 0 bridgehead atoms. The number of aromatic nitrogens is 4. The van der Waals surface area contributed by atoms with E-state index in [0.29, 0.717) is 5.95 Å². The van der Waals surface area contributed by atoms with Gasteiger partial charge >= 0.3 is 0 Å². The number of hydrogen-bond acceptors (Lipinski definition) is 2. The average Bonchev–Trinajstić information content (AvgIpc) is 1.61. The van der Waals surface area contributed by atoms with E-state index in [9.17, 15) is 0 Å². The van der Waals surface area contributed by atoms with Crippen LogP contribution in [0.3, 0.4) is 0 Å². The smallest absolute Gasteiger partial charge is 0.235 e. The Kier molecular flexibility index (Phi) is 12.3. The van der Waals surface area contributed by atoms with Crippen LogP contribution < -0.4 is 0 Å². The maximum absolute atomic E-state index is 5.62. The lowest BCUT2D eigenvalue weighted by Crippen LogP contribution is -2.14. The Morgan fingerprint density at radius 1 is 0.242 bits per heavy atom. The van der Waals surface area contributed by atoms with Gasteiger partial charge in [-0.15, -0.1) is 0 Å². The largest absolute Gasteiger partial charge is 0.309 e. The Morgan fingerprint density at radius 3 is 1.24 bits per heavy atom. The fraction of sp³-hybridized carbons (Fsp3) is 0.0330. The van der Waals surface area contributed by atoms with E-state index in [1.54, 1.807) is 0 Å². The van der Waals surface area contributed by atoms with Crippen molar-refractivity contribution < 1.29 is 0 Å². The topological polar surface area (TPSA) is 35.6 Å². The first-order chi connectivity index (χ1) is 46.9. The van der Waals surface area contributed by atoms with E-state index >= 15 is 0 Å². The maximum Gasteiger partial charge on any atom is 0.235 e. The zero-order chi connectivity index (χ0) is 62.9. The first-order valence-corrected chi connectivity index (χ1v) is 32.9. The molecule has 0 unspecified atom stereocenters. The molecule has 0 amide bonds. The fourth-order valence-electron chi connectivity index (χ4n) is 15.8. The van der Waals surface area contributed by atoms with Gasteiger partial charge in [-0.25, -0.2) is 9.97 Å². The molecular weight excluding hydrogens is 1150 g/mol. The van der Waals surface area contributed by atoms with Gasteiger partial charge in [0.25, 0.3) is 0 Å². The number of benzene rings is 14. The highest BCUT2D eigenvalue weighted by atomic mass is 15.2. The molecule has 14 aromatic carbocycles. The molecule has 4 heteroatoms. The fourth-order valence-corrected chi connectivity index (χ4v) is 15.8. The molecule has 0 saturated carbocycles. The summed E-state index contributed by atoms with van der Waals surface area (Å²) in [5.74, 6) is 0.607. The number of nitrogens with zero attached hydrogens (tertiary/aromatic N) is 4. The quantitative estimate of drug-likeness (QED) is 0.152. The highest BCUT2D eigenvalue weighted by Gasteiger charge is 2.37. The van der Waals surface area contributed by atoms with Crippen LogP contribution >= 0.6 is 0 Å². The molecular formula is C91H60N4. The van der Waals surface area contributed by atoms with Crippen LogP contribution in [0.5, 0.6) is 0 Å².